The monoisotopic (exact) mass is 434 g/mol. The molecule has 8 nitrogen and oxygen atoms in total. The number of carbonyl (C=O) groups is 2. The minimum atomic E-state index is -0.364. The fourth-order valence-electron chi connectivity index (χ4n) is 3.52. The highest BCUT2D eigenvalue weighted by Crippen LogP contribution is 2.18. The molecule has 0 spiro atoms. The highest BCUT2D eigenvalue weighted by Gasteiger charge is 2.22. The molecule has 1 aliphatic heterocycles. The third-order valence-electron chi connectivity index (χ3n) is 5.34. The van der Waals surface area contributed by atoms with Crippen molar-refractivity contribution < 1.29 is 18.8 Å². The van der Waals surface area contributed by atoms with Gasteiger partial charge in [0, 0.05) is 56.5 Å². The Bertz CT molecular complexity index is 1040. The minimum Gasteiger partial charge on any atom is -0.410 e. The molecule has 32 heavy (non-hydrogen) atoms. The zero-order valence-electron chi connectivity index (χ0n) is 18.0. The van der Waals surface area contributed by atoms with E-state index in [2.05, 4.69) is 15.4 Å². The average Bonchev–Trinajstić information content (AvgIpc) is 3.25. The van der Waals surface area contributed by atoms with E-state index in [1.807, 2.05) is 31.2 Å². The van der Waals surface area contributed by atoms with Gasteiger partial charge in [0.25, 0.3) is 5.91 Å². The Morgan fingerprint density at radius 3 is 2.41 bits per heavy atom. The number of aromatic nitrogens is 1. The van der Waals surface area contributed by atoms with Gasteiger partial charge in [-0.1, -0.05) is 23.4 Å². The average molecular weight is 434 g/mol. The largest absolute Gasteiger partial charge is 0.415 e. The standard InChI is InChI=1S/C24H26N4O4/c1-18-17-22(32-26-18)11-12-27-13-15-28(16-14-27)24(30)31-21-9-7-20(8-10-21)25-23(29)19-5-3-2-4-6-19/h2-10,17H,11-16H2,1H3,(H,25,29). The molecule has 3 aromatic rings. The lowest BCUT2D eigenvalue weighted by Gasteiger charge is -2.33. The van der Waals surface area contributed by atoms with Crippen LogP contribution >= 0.6 is 0 Å². The van der Waals surface area contributed by atoms with Gasteiger partial charge in [0.2, 0.25) is 0 Å². The molecular formula is C24H26N4O4. The lowest BCUT2D eigenvalue weighted by atomic mass is 10.2. The zero-order valence-corrected chi connectivity index (χ0v) is 18.0. The van der Waals surface area contributed by atoms with E-state index in [0.29, 0.717) is 30.1 Å². The van der Waals surface area contributed by atoms with Gasteiger partial charge < -0.3 is 19.5 Å². The number of nitrogens with zero attached hydrogens (tertiary/aromatic N) is 3. The molecular weight excluding hydrogens is 408 g/mol. The summed E-state index contributed by atoms with van der Waals surface area (Å²) in [5, 5.41) is 6.73. The van der Waals surface area contributed by atoms with E-state index in [0.717, 1.165) is 37.5 Å². The van der Waals surface area contributed by atoms with E-state index in [-0.39, 0.29) is 12.0 Å². The van der Waals surface area contributed by atoms with Gasteiger partial charge in [0.1, 0.15) is 11.5 Å². The van der Waals surface area contributed by atoms with Crippen LogP contribution in [-0.4, -0.2) is 59.7 Å². The van der Waals surface area contributed by atoms with Crippen molar-refractivity contribution in [1.29, 1.82) is 0 Å². The van der Waals surface area contributed by atoms with Gasteiger partial charge in [-0.2, -0.15) is 0 Å². The third kappa shape index (κ3) is 5.73. The topological polar surface area (TPSA) is 87.9 Å². The Morgan fingerprint density at radius 1 is 1.03 bits per heavy atom. The second-order valence-electron chi connectivity index (χ2n) is 7.73. The Balaban J connectivity index is 1.21. The summed E-state index contributed by atoms with van der Waals surface area (Å²) in [5.74, 6) is 1.13. The summed E-state index contributed by atoms with van der Waals surface area (Å²) >= 11 is 0. The summed E-state index contributed by atoms with van der Waals surface area (Å²) < 4.78 is 10.7. The van der Waals surface area contributed by atoms with Crippen LogP contribution in [0.5, 0.6) is 5.75 Å². The number of anilines is 1. The maximum absolute atomic E-state index is 12.5. The van der Waals surface area contributed by atoms with E-state index < -0.39 is 0 Å². The summed E-state index contributed by atoms with van der Waals surface area (Å²) in [7, 11) is 0. The molecule has 2 amide bonds. The molecule has 0 unspecified atom stereocenters. The second kappa shape index (κ2) is 10.1. The molecule has 0 aliphatic carbocycles. The van der Waals surface area contributed by atoms with Crippen LogP contribution in [0.2, 0.25) is 0 Å². The molecule has 1 aromatic heterocycles. The molecule has 4 rings (SSSR count). The summed E-state index contributed by atoms with van der Waals surface area (Å²) in [5.41, 5.74) is 2.10. The molecule has 2 heterocycles. The summed E-state index contributed by atoms with van der Waals surface area (Å²) in [4.78, 5) is 28.7. The predicted octanol–water partition coefficient (Wildman–Crippen LogP) is 3.59. The highest BCUT2D eigenvalue weighted by molar-refractivity contribution is 6.04. The highest BCUT2D eigenvalue weighted by atomic mass is 16.6. The normalized spacial score (nSPS) is 14.2. The number of rotatable bonds is 6. The molecule has 166 valence electrons. The molecule has 2 aromatic carbocycles. The Morgan fingerprint density at radius 2 is 1.75 bits per heavy atom. The molecule has 0 saturated carbocycles. The molecule has 0 radical (unpaired) electrons. The van der Waals surface area contributed by atoms with Crippen molar-refractivity contribution in [2.75, 3.05) is 38.0 Å². The van der Waals surface area contributed by atoms with Crippen LogP contribution in [0.1, 0.15) is 21.8 Å². The van der Waals surface area contributed by atoms with Crippen molar-refractivity contribution in [3.63, 3.8) is 0 Å². The number of piperazine rings is 1. The smallest absolute Gasteiger partial charge is 0.410 e. The fourth-order valence-corrected chi connectivity index (χ4v) is 3.52. The molecule has 1 saturated heterocycles. The molecule has 1 aliphatic rings. The SMILES string of the molecule is Cc1cc(CCN2CCN(C(=O)Oc3ccc(NC(=O)c4ccccc4)cc3)CC2)on1. The Labute approximate surface area is 186 Å². The maximum Gasteiger partial charge on any atom is 0.415 e. The van der Waals surface area contributed by atoms with Crippen molar-refractivity contribution in [2.45, 2.75) is 13.3 Å². The predicted molar refractivity (Wildman–Crippen MR) is 120 cm³/mol. The molecule has 8 heteroatoms. The van der Waals surface area contributed by atoms with Crippen LogP contribution in [0.3, 0.4) is 0 Å². The quantitative estimate of drug-likeness (QED) is 0.638. The van der Waals surface area contributed by atoms with Crippen LogP contribution in [0.4, 0.5) is 10.5 Å². The first-order chi connectivity index (χ1) is 15.6. The zero-order chi connectivity index (χ0) is 22.3. The van der Waals surface area contributed by atoms with Gasteiger partial charge in [0.05, 0.1) is 5.69 Å². The van der Waals surface area contributed by atoms with E-state index in [9.17, 15) is 9.59 Å². The number of ether oxygens (including phenoxy) is 1. The summed E-state index contributed by atoms with van der Waals surface area (Å²) in [6, 6.07) is 17.7. The van der Waals surface area contributed by atoms with Gasteiger partial charge in [-0.05, 0) is 43.3 Å². The first kappa shape index (κ1) is 21.6. The van der Waals surface area contributed by atoms with E-state index >= 15 is 0 Å². The molecule has 1 fully saturated rings. The van der Waals surface area contributed by atoms with E-state index in [1.165, 1.54) is 0 Å². The van der Waals surface area contributed by atoms with Gasteiger partial charge in [-0.3, -0.25) is 9.69 Å². The van der Waals surface area contributed by atoms with E-state index in [1.54, 1.807) is 41.3 Å². The lowest BCUT2D eigenvalue weighted by Crippen LogP contribution is -2.49. The van der Waals surface area contributed by atoms with Crippen molar-refractivity contribution in [3.8, 4) is 5.75 Å². The fraction of sp³-hybridized carbons (Fsp3) is 0.292. The van der Waals surface area contributed by atoms with Crippen LogP contribution in [0, 0.1) is 6.92 Å². The van der Waals surface area contributed by atoms with Gasteiger partial charge in [-0.25, -0.2) is 4.79 Å². The number of benzene rings is 2. The number of hydrogen-bond donors (Lipinski definition) is 1. The molecule has 0 atom stereocenters. The maximum atomic E-state index is 12.5. The van der Waals surface area contributed by atoms with E-state index in [4.69, 9.17) is 9.26 Å². The van der Waals surface area contributed by atoms with Gasteiger partial charge >= 0.3 is 6.09 Å². The summed E-state index contributed by atoms with van der Waals surface area (Å²) in [6.07, 6.45) is 0.440. The first-order valence-corrected chi connectivity index (χ1v) is 10.6. The van der Waals surface area contributed by atoms with Crippen LogP contribution in [-0.2, 0) is 6.42 Å². The van der Waals surface area contributed by atoms with Crippen LogP contribution < -0.4 is 10.1 Å². The van der Waals surface area contributed by atoms with Crippen LogP contribution in [0.15, 0.2) is 65.2 Å². The Kier molecular flexibility index (Phi) is 6.81. The molecule has 1 N–H and O–H groups in total. The number of hydrogen-bond acceptors (Lipinski definition) is 6. The van der Waals surface area contributed by atoms with Gasteiger partial charge in [-0.15, -0.1) is 0 Å². The van der Waals surface area contributed by atoms with Crippen molar-refractivity contribution >= 4 is 17.7 Å². The molecule has 0 bridgehead atoms. The van der Waals surface area contributed by atoms with Crippen LogP contribution in [0.25, 0.3) is 0 Å². The number of carbonyl (C=O) groups excluding carboxylic acids is 2. The van der Waals surface area contributed by atoms with Crippen molar-refractivity contribution in [2.24, 2.45) is 0 Å². The van der Waals surface area contributed by atoms with Crippen molar-refractivity contribution in [3.05, 3.63) is 77.7 Å². The Hall–Kier alpha value is -3.65. The summed E-state index contributed by atoms with van der Waals surface area (Å²) in [6.45, 7) is 5.57. The minimum absolute atomic E-state index is 0.188. The second-order valence-corrected chi connectivity index (χ2v) is 7.73. The first-order valence-electron chi connectivity index (χ1n) is 10.6. The third-order valence-corrected chi connectivity index (χ3v) is 5.34. The number of aryl methyl sites for hydroxylation is 1. The van der Waals surface area contributed by atoms with Gasteiger partial charge in [0.15, 0.2) is 0 Å². The number of amides is 2. The van der Waals surface area contributed by atoms with Crippen molar-refractivity contribution in [1.82, 2.24) is 15.0 Å². The lowest BCUT2D eigenvalue weighted by molar-refractivity contribution is 0.102. The number of nitrogens with one attached hydrogen (secondary N) is 1.